The maximum absolute atomic E-state index is 11.3. The van der Waals surface area contributed by atoms with Crippen LogP contribution in [0, 0.1) is 16.7 Å². The zero-order chi connectivity index (χ0) is 21.9. The standard InChI is InChI=1S/C13H20O2.C12H16O2/c1-5-11(14)15-10-8-9-6-7-13(10,4)12(9,2)3;1-5-10-6-8-11(9-7-10)14-12(2,3)13-4/h5,9-10H,1,6-8H2,2-4H3;5-9H,1H2,2-4H3. The van der Waals surface area contributed by atoms with Crippen molar-refractivity contribution in [3.63, 3.8) is 0 Å². The average Bonchev–Trinajstić information content (AvgIpc) is 3.02. The summed E-state index contributed by atoms with van der Waals surface area (Å²) < 4.78 is 16.2. The van der Waals surface area contributed by atoms with Gasteiger partial charge >= 0.3 is 5.97 Å². The molecule has 3 unspecified atom stereocenters. The number of methoxy groups -OCH3 is 1. The van der Waals surface area contributed by atoms with Crippen LogP contribution in [-0.2, 0) is 14.3 Å². The molecule has 2 bridgehead atoms. The molecule has 0 heterocycles. The first-order chi connectivity index (χ1) is 13.5. The lowest BCUT2D eigenvalue weighted by molar-refractivity contribution is -0.150. The van der Waals surface area contributed by atoms with E-state index in [0.29, 0.717) is 11.3 Å². The zero-order valence-corrected chi connectivity index (χ0v) is 18.8. The molecule has 2 aliphatic rings. The van der Waals surface area contributed by atoms with E-state index in [1.807, 2.05) is 38.1 Å². The molecule has 0 N–H and O–H groups in total. The number of carbonyl (C=O) groups is 1. The Balaban J connectivity index is 0.000000208. The smallest absolute Gasteiger partial charge is 0.330 e. The van der Waals surface area contributed by atoms with Gasteiger partial charge in [0.25, 0.3) is 0 Å². The average molecular weight is 401 g/mol. The molecule has 4 heteroatoms. The number of benzene rings is 1. The van der Waals surface area contributed by atoms with E-state index < -0.39 is 5.79 Å². The Kier molecular flexibility index (Phi) is 7.00. The number of hydrogen-bond donors (Lipinski definition) is 0. The summed E-state index contributed by atoms with van der Waals surface area (Å²) in [7, 11) is 1.62. The highest BCUT2D eigenvalue weighted by Crippen LogP contribution is 2.66. The van der Waals surface area contributed by atoms with Gasteiger partial charge < -0.3 is 14.2 Å². The molecule has 1 aromatic carbocycles. The van der Waals surface area contributed by atoms with Gasteiger partial charge in [0, 0.05) is 32.4 Å². The number of esters is 1. The maximum Gasteiger partial charge on any atom is 0.330 e. The quantitative estimate of drug-likeness (QED) is 0.333. The number of hydrogen-bond acceptors (Lipinski definition) is 4. The Hall–Kier alpha value is -2.07. The zero-order valence-electron chi connectivity index (χ0n) is 18.8. The van der Waals surface area contributed by atoms with Crippen LogP contribution in [0.2, 0.25) is 0 Å². The summed E-state index contributed by atoms with van der Waals surface area (Å²) in [6.07, 6.45) is 6.65. The molecule has 3 rings (SSSR count). The molecule has 160 valence electrons. The van der Waals surface area contributed by atoms with E-state index in [1.54, 1.807) is 13.2 Å². The minimum Gasteiger partial charge on any atom is -0.463 e. The summed E-state index contributed by atoms with van der Waals surface area (Å²) in [5.41, 5.74) is 1.54. The normalized spacial score (nSPS) is 26.8. The molecule has 4 nitrogen and oxygen atoms in total. The molecule has 2 saturated carbocycles. The molecule has 2 aliphatic carbocycles. The van der Waals surface area contributed by atoms with Gasteiger partial charge in [-0.1, -0.05) is 52.1 Å². The molecular weight excluding hydrogens is 364 g/mol. The fraction of sp³-hybridized carbons (Fsp3) is 0.560. The van der Waals surface area contributed by atoms with Gasteiger partial charge in [-0.15, -0.1) is 0 Å². The lowest BCUT2D eigenvalue weighted by atomic mass is 9.70. The van der Waals surface area contributed by atoms with Gasteiger partial charge in [0.05, 0.1) is 0 Å². The Morgan fingerprint density at radius 1 is 1.17 bits per heavy atom. The lowest BCUT2D eigenvalue weighted by Crippen LogP contribution is -2.38. The molecule has 0 amide bonds. The molecule has 0 radical (unpaired) electrons. The third-order valence-corrected chi connectivity index (χ3v) is 7.11. The van der Waals surface area contributed by atoms with Crippen LogP contribution in [0.4, 0.5) is 0 Å². The molecule has 3 atom stereocenters. The van der Waals surface area contributed by atoms with E-state index in [4.69, 9.17) is 14.2 Å². The van der Waals surface area contributed by atoms with Crippen LogP contribution < -0.4 is 4.74 Å². The minimum absolute atomic E-state index is 0.0942. The highest BCUT2D eigenvalue weighted by atomic mass is 16.7. The molecule has 0 saturated heterocycles. The van der Waals surface area contributed by atoms with Crippen molar-refractivity contribution in [2.45, 2.75) is 65.8 Å². The third kappa shape index (κ3) is 4.92. The van der Waals surface area contributed by atoms with Crippen molar-refractivity contribution >= 4 is 12.0 Å². The van der Waals surface area contributed by atoms with Crippen LogP contribution in [0.1, 0.15) is 59.4 Å². The van der Waals surface area contributed by atoms with Crippen molar-refractivity contribution in [2.24, 2.45) is 16.7 Å². The molecule has 0 spiro atoms. The molecule has 0 aliphatic heterocycles. The van der Waals surface area contributed by atoms with Crippen LogP contribution >= 0.6 is 0 Å². The van der Waals surface area contributed by atoms with Gasteiger partial charge in [-0.05, 0) is 48.3 Å². The second-order valence-corrected chi connectivity index (χ2v) is 9.22. The van der Waals surface area contributed by atoms with Gasteiger partial charge in [0.2, 0.25) is 5.79 Å². The molecule has 2 fully saturated rings. The molecule has 1 aromatic rings. The fourth-order valence-electron chi connectivity index (χ4n) is 4.49. The topological polar surface area (TPSA) is 44.8 Å². The van der Waals surface area contributed by atoms with E-state index in [9.17, 15) is 4.79 Å². The van der Waals surface area contributed by atoms with E-state index in [0.717, 1.165) is 17.7 Å². The highest BCUT2D eigenvalue weighted by Gasteiger charge is 2.62. The summed E-state index contributed by atoms with van der Waals surface area (Å²) in [4.78, 5) is 11.3. The Morgan fingerprint density at radius 3 is 2.21 bits per heavy atom. The van der Waals surface area contributed by atoms with E-state index in [1.165, 1.54) is 18.9 Å². The van der Waals surface area contributed by atoms with Gasteiger partial charge in [-0.2, -0.15) is 0 Å². The fourth-order valence-corrected chi connectivity index (χ4v) is 4.49. The minimum atomic E-state index is -0.588. The summed E-state index contributed by atoms with van der Waals surface area (Å²) in [5.74, 6) is 0.646. The second kappa shape index (κ2) is 8.74. The first-order valence-electron chi connectivity index (χ1n) is 10.3. The Bertz CT molecular complexity index is 732. The SMILES string of the molecule is C=CC(=O)OC1CC2CCC1(C)C2(C)C.C=Cc1ccc(OC(C)(C)OC)cc1. The predicted octanol–water partition coefficient (Wildman–Crippen LogP) is 6.02. The van der Waals surface area contributed by atoms with Crippen LogP contribution in [0.15, 0.2) is 43.5 Å². The number of carbonyl (C=O) groups excluding carboxylic acids is 1. The van der Waals surface area contributed by atoms with E-state index in [-0.39, 0.29) is 17.5 Å². The maximum atomic E-state index is 11.3. The Morgan fingerprint density at radius 2 is 1.79 bits per heavy atom. The molecule has 29 heavy (non-hydrogen) atoms. The number of ether oxygens (including phenoxy) is 3. The third-order valence-electron chi connectivity index (χ3n) is 7.11. The summed E-state index contributed by atoms with van der Waals surface area (Å²) >= 11 is 0. The van der Waals surface area contributed by atoms with E-state index in [2.05, 4.69) is 33.9 Å². The van der Waals surface area contributed by atoms with Crippen molar-refractivity contribution in [3.05, 3.63) is 49.1 Å². The van der Waals surface area contributed by atoms with Gasteiger partial charge in [0.1, 0.15) is 11.9 Å². The van der Waals surface area contributed by atoms with Crippen LogP contribution in [0.3, 0.4) is 0 Å². The van der Waals surface area contributed by atoms with Gasteiger partial charge in [-0.25, -0.2) is 4.79 Å². The summed E-state index contributed by atoms with van der Waals surface area (Å²) in [6.45, 7) is 17.8. The van der Waals surface area contributed by atoms with Gasteiger partial charge in [0.15, 0.2) is 0 Å². The predicted molar refractivity (Wildman–Crippen MR) is 118 cm³/mol. The summed E-state index contributed by atoms with van der Waals surface area (Å²) in [6, 6.07) is 7.71. The van der Waals surface area contributed by atoms with Crippen molar-refractivity contribution in [1.29, 1.82) is 0 Å². The lowest BCUT2D eigenvalue weighted by Gasteiger charge is -2.38. The van der Waals surface area contributed by atoms with E-state index >= 15 is 0 Å². The number of rotatable bonds is 6. The molecule has 0 aromatic heterocycles. The number of fused-ring (bicyclic) bond motifs is 2. The first-order valence-corrected chi connectivity index (χ1v) is 10.3. The Labute approximate surface area is 175 Å². The largest absolute Gasteiger partial charge is 0.463 e. The summed E-state index contributed by atoms with van der Waals surface area (Å²) in [5, 5.41) is 0. The monoisotopic (exact) mass is 400 g/mol. The van der Waals surface area contributed by atoms with Crippen LogP contribution in [0.25, 0.3) is 6.08 Å². The van der Waals surface area contributed by atoms with Crippen molar-refractivity contribution in [1.82, 2.24) is 0 Å². The van der Waals surface area contributed by atoms with Gasteiger partial charge in [-0.3, -0.25) is 0 Å². The highest BCUT2D eigenvalue weighted by molar-refractivity contribution is 5.81. The van der Waals surface area contributed by atoms with Crippen molar-refractivity contribution in [2.75, 3.05) is 7.11 Å². The first kappa shape index (κ1) is 23.2. The second-order valence-electron chi connectivity index (χ2n) is 9.22. The molecular formula is C25H36O4. The van der Waals surface area contributed by atoms with Crippen LogP contribution in [-0.4, -0.2) is 25.0 Å². The van der Waals surface area contributed by atoms with Crippen LogP contribution in [0.5, 0.6) is 5.75 Å². The van der Waals surface area contributed by atoms with Crippen molar-refractivity contribution < 1.29 is 19.0 Å². The van der Waals surface area contributed by atoms with Crippen molar-refractivity contribution in [3.8, 4) is 5.75 Å².